The summed E-state index contributed by atoms with van der Waals surface area (Å²) in [6.45, 7) is 4.18. The fourth-order valence-corrected chi connectivity index (χ4v) is 9.74. The van der Waals surface area contributed by atoms with Crippen molar-refractivity contribution >= 4 is 19.8 Å². The number of esters is 2. The van der Waals surface area contributed by atoms with Crippen LogP contribution in [0.1, 0.15) is 309 Å². The van der Waals surface area contributed by atoms with Gasteiger partial charge in [0.05, 0.1) is 27.7 Å². The summed E-state index contributed by atoms with van der Waals surface area (Å²) < 4.78 is 33.8. The first-order chi connectivity index (χ1) is 33.0. The molecule has 0 aliphatic rings. The van der Waals surface area contributed by atoms with Gasteiger partial charge in [-0.05, 0) is 12.8 Å². The van der Waals surface area contributed by atoms with E-state index in [0.717, 1.165) is 44.9 Å². The Balaban J connectivity index is 3.66. The normalized spacial score (nSPS) is 13.2. The van der Waals surface area contributed by atoms with Gasteiger partial charge in [0.1, 0.15) is 19.8 Å². The van der Waals surface area contributed by atoms with E-state index in [1.54, 1.807) is 0 Å². The molecule has 0 amide bonds. The van der Waals surface area contributed by atoms with Crippen LogP contribution in [-0.4, -0.2) is 70.0 Å². The van der Waals surface area contributed by atoms with Gasteiger partial charge >= 0.3 is 11.9 Å². The third-order valence-electron chi connectivity index (χ3n) is 13.6. The van der Waals surface area contributed by atoms with Crippen LogP contribution in [0.5, 0.6) is 0 Å². The molecule has 0 N–H and O–H groups in total. The van der Waals surface area contributed by atoms with Crippen molar-refractivity contribution < 1.29 is 42.1 Å². The average Bonchev–Trinajstić information content (AvgIpc) is 3.30. The van der Waals surface area contributed by atoms with Crippen molar-refractivity contribution in [3.8, 4) is 0 Å². The SMILES string of the molecule is CCCCCCCCCCCCCCCCCCCCCCCCCCCCCCCCCCCCCCCCCC(=O)OC(COC(=O)CCCCCCC)COP(=O)([O-])OCC[N+](C)(C)C. The van der Waals surface area contributed by atoms with Crippen molar-refractivity contribution in [1.29, 1.82) is 0 Å². The molecule has 0 saturated heterocycles. The maximum absolute atomic E-state index is 12.7. The summed E-state index contributed by atoms with van der Waals surface area (Å²) in [5.41, 5.74) is 0. The van der Waals surface area contributed by atoms with Gasteiger partial charge in [0.15, 0.2) is 6.10 Å². The third-order valence-corrected chi connectivity index (χ3v) is 14.6. The number of hydrogen-bond acceptors (Lipinski definition) is 8. The van der Waals surface area contributed by atoms with E-state index < -0.39 is 26.5 Å². The van der Waals surface area contributed by atoms with Crippen LogP contribution in [0, 0.1) is 0 Å². The van der Waals surface area contributed by atoms with Crippen molar-refractivity contribution in [2.24, 2.45) is 0 Å². The Morgan fingerprint density at radius 3 is 0.941 bits per heavy atom. The summed E-state index contributed by atoms with van der Waals surface area (Å²) in [6, 6.07) is 0. The zero-order chi connectivity index (χ0) is 49.9. The van der Waals surface area contributed by atoms with Crippen LogP contribution < -0.4 is 4.89 Å². The lowest BCUT2D eigenvalue weighted by Gasteiger charge is -2.28. The minimum absolute atomic E-state index is 0.0263. The lowest BCUT2D eigenvalue weighted by atomic mass is 10.0. The van der Waals surface area contributed by atoms with Crippen LogP contribution in [0.2, 0.25) is 0 Å². The highest BCUT2D eigenvalue weighted by Gasteiger charge is 2.22. The number of phosphoric ester groups is 1. The molecule has 0 aromatic heterocycles. The molecule has 0 aliphatic heterocycles. The lowest BCUT2D eigenvalue weighted by molar-refractivity contribution is -0.870. The summed E-state index contributed by atoms with van der Waals surface area (Å²) in [4.78, 5) is 37.3. The topological polar surface area (TPSA) is 111 Å². The van der Waals surface area contributed by atoms with Gasteiger partial charge in [0, 0.05) is 12.8 Å². The summed E-state index contributed by atoms with van der Waals surface area (Å²) in [5.74, 6) is -0.832. The molecule has 2 unspecified atom stereocenters. The molecule has 0 bridgehead atoms. The third kappa shape index (κ3) is 54.3. The molecular weight excluding hydrogens is 870 g/mol. The maximum Gasteiger partial charge on any atom is 0.306 e. The van der Waals surface area contributed by atoms with Crippen molar-refractivity contribution in [3.63, 3.8) is 0 Å². The first-order valence-corrected chi connectivity index (χ1v) is 31.2. The summed E-state index contributed by atoms with van der Waals surface area (Å²) in [5, 5.41) is 0. The van der Waals surface area contributed by atoms with E-state index >= 15 is 0 Å². The Bertz CT molecular complexity index is 1120. The predicted octanol–water partition coefficient (Wildman–Crippen LogP) is 17.6. The molecule has 0 saturated carbocycles. The van der Waals surface area contributed by atoms with Gasteiger partial charge in [-0.15, -0.1) is 0 Å². The van der Waals surface area contributed by atoms with E-state index in [1.807, 2.05) is 21.1 Å². The van der Waals surface area contributed by atoms with Gasteiger partial charge in [0.25, 0.3) is 7.82 Å². The van der Waals surface area contributed by atoms with Crippen molar-refractivity contribution in [2.75, 3.05) is 47.5 Å². The van der Waals surface area contributed by atoms with Crippen LogP contribution >= 0.6 is 7.82 Å². The van der Waals surface area contributed by atoms with E-state index in [9.17, 15) is 19.0 Å². The van der Waals surface area contributed by atoms with Gasteiger partial charge in [-0.1, -0.05) is 284 Å². The molecule has 0 aliphatic carbocycles. The van der Waals surface area contributed by atoms with Crippen LogP contribution in [0.4, 0.5) is 0 Å². The van der Waals surface area contributed by atoms with Gasteiger partial charge in [-0.3, -0.25) is 14.2 Å². The monoisotopic (exact) mass is 986 g/mol. The number of unbranched alkanes of at least 4 members (excludes halogenated alkanes) is 42. The molecule has 0 heterocycles. The van der Waals surface area contributed by atoms with Gasteiger partial charge in [0.2, 0.25) is 0 Å². The Morgan fingerprint density at radius 2 is 0.662 bits per heavy atom. The fraction of sp³-hybridized carbons (Fsp3) is 0.966. The average molecular weight is 987 g/mol. The number of nitrogens with zero attached hydrogens (tertiary/aromatic N) is 1. The highest BCUT2D eigenvalue weighted by molar-refractivity contribution is 7.45. The standard InChI is InChI=1S/C58H116NO8P/c1-6-8-10-12-13-14-15-16-17-18-19-20-21-22-23-24-25-26-27-28-29-30-31-32-33-34-35-36-37-38-39-40-41-42-43-44-45-47-49-51-58(61)67-56(54-64-57(60)50-48-46-11-9-7-2)55-66-68(62,63)65-53-52-59(3,4)5/h56H,6-55H2,1-5H3. The highest BCUT2D eigenvalue weighted by atomic mass is 31.2. The molecule has 0 fully saturated rings. The van der Waals surface area contributed by atoms with Crippen LogP contribution in [-0.2, 0) is 32.7 Å². The highest BCUT2D eigenvalue weighted by Crippen LogP contribution is 2.38. The Labute approximate surface area is 423 Å². The second-order valence-electron chi connectivity index (χ2n) is 21.7. The van der Waals surface area contributed by atoms with Crippen LogP contribution in [0.3, 0.4) is 0 Å². The number of quaternary nitrogens is 1. The van der Waals surface area contributed by atoms with Crippen molar-refractivity contribution in [3.05, 3.63) is 0 Å². The van der Waals surface area contributed by atoms with Gasteiger partial charge in [-0.25, -0.2) is 0 Å². The van der Waals surface area contributed by atoms with Crippen LogP contribution in [0.15, 0.2) is 0 Å². The zero-order valence-corrected chi connectivity index (χ0v) is 47.0. The van der Waals surface area contributed by atoms with Gasteiger partial charge in [-0.2, -0.15) is 0 Å². The second-order valence-corrected chi connectivity index (χ2v) is 23.1. The second kappa shape index (κ2) is 50.9. The number of carbonyl (C=O) groups excluding carboxylic acids is 2. The van der Waals surface area contributed by atoms with E-state index in [4.69, 9.17) is 18.5 Å². The molecule has 0 aromatic carbocycles. The summed E-state index contributed by atoms with van der Waals surface area (Å²) in [7, 11) is 1.18. The van der Waals surface area contributed by atoms with Crippen LogP contribution in [0.25, 0.3) is 0 Å². The molecule has 68 heavy (non-hydrogen) atoms. The first kappa shape index (κ1) is 67.0. The van der Waals surface area contributed by atoms with E-state index in [0.29, 0.717) is 17.4 Å². The molecule has 0 aromatic rings. The Morgan fingerprint density at radius 1 is 0.397 bits per heavy atom. The number of hydrogen-bond donors (Lipinski definition) is 0. The molecule has 406 valence electrons. The Kier molecular flexibility index (Phi) is 50.2. The number of rotatable bonds is 56. The zero-order valence-electron chi connectivity index (χ0n) is 46.1. The fourth-order valence-electron chi connectivity index (χ4n) is 9.01. The maximum atomic E-state index is 12.7. The molecular formula is C58H116NO8P. The lowest BCUT2D eigenvalue weighted by Crippen LogP contribution is -2.37. The predicted molar refractivity (Wildman–Crippen MR) is 287 cm³/mol. The van der Waals surface area contributed by atoms with E-state index in [2.05, 4.69) is 13.8 Å². The molecule has 9 nitrogen and oxygen atoms in total. The number of phosphoric acid groups is 1. The smallest absolute Gasteiger partial charge is 0.306 e. The number of ether oxygens (including phenoxy) is 2. The number of carbonyl (C=O) groups is 2. The minimum Gasteiger partial charge on any atom is -0.756 e. The van der Waals surface area contributed by atoms with Gasteiger partial charge < -0.3 is 27.9 Å². The van der Waals surface area contributed by atoms with E-state index in [-0.39, 0.29) is 32.0 Å². The molecule has 10 heteroatoms. The Hall–Kier alpha value is -0.990. The minimum atomic E-state index is -4.61. The molecule has 0 rings (SSSR count). The number of likely N-dealkylation sites (N-methyl/N-ethyl adjacent to an activating group) is 1. The van der Waals surface area contributed by atoms with E-state index in [1.165, 1.54) is 231 Å². The summed E-state index contributed by atoms with van der Waals surface area (Å²) in [6.07, 6.45) is 58.3. The van der Waals surface area contributed by atoms with Crippen molar-refractivity contribution in [1.82, 2.24) is 0 Å². The molecule has 0 spiro atoms. The quantitative estimate of drug-likeness (QED) is 0.0256. The first-order valence-electron chi connectivity index (χ1n) is 29.7. The summed E-state index contributed by atoms with van der Waals surface area (Å²) >= 11 is 0. The molecule has 0 radical (unpaired) electrons. The molecule has 2 atom stereocenters. The largest absolute Gasteiger partial charge is 0.756 e. The van der Waals surface area contributed by atoms with Crippen molar-refractivity contribution in [2.45, 2.75) is 315 Å².